The van der Waals surface area contributed by atoms with Crippen LogP contribution >= 0.6 is 22.6 Å². The van der Waals surface area contributed by atoms with Gasteiger partial charge < -0.3 is 9.47 Å². The van der Waals surface area contributed by atoms with Gasteiger partial charge in [-0.1, -0.05) is 22.6 Å². The summed E-state index contributed by atoms with van der Waals surface area (Å²) in [5.74, 6) is -2.20. The molecule has 0 bridgehead atoms. The van der Waals surface area contributed by atoms with Crippen molar-refractivity contribution in [1.29, 1.82) is 5.26 Å². The normalized spacial score (nSPS) is 10.1. The lowest BCUT2D eigenvalue weighted by molar-refractivity contribution is -0.385. The van der Waals surface area contributed by atoms with Gasteiger partial charge in [0.15, 0.2) is 5.82 Å². The van der Waals surface area contributed by atoms with Gasteiger partial charge >= 0.3 is 11.7 Å². The third-order valence-corrected chi connectivity index (χ3v) is 4.34. The molecule has 0 saturated heterocycles. The Balaban J connectivity index is 2.49. The molecule has 0 saturated carbocycles. The number of nitriles is 1. The zero-order valence-electron chi connectivity index (χ0n) is 14.2. The lowest BCUT2D eigenvalue weighted by Crippen LogP contribution is -2.10. The molecule has 27 heavy (non-hydrogen) atoms. The molecule has 140 valence electrons. The molecule has 0 fully saturated rings. The monoisotopic (exact) mass is 484 g/mol. The smallest absolute Gasteiger partial charge is 0.314 e. The van der Waals surface area contributed by atoms with Crippen molar-refractivity contribution < 1.29 is 23.6 Å². The van der Waals surface area contributed by atoms with Crippen LogP contribution in [-0.2, 0) is 20.4 Å². The van der Waals surface area contributed by atoms with Gasteiger partial charge in [-0.25, -0.2) is 4.39 Å². The Morgan fingerprint density at radius 1 is 1.37 bits per heavy atom. The first-order valence-electron chi connectivity index (χ1n) is 7.78. The minimum atomic E-state index is -1.02. The summed E-state index contributed by atoms with van der Waals surface area (Å²) in [5.41, 5.74) is 0.360. The summed E-state index contributed by atoms with van der Waals surface area (Å²) in [6.07, 6.45) is -0.384. The number of carbonyl (C=O) groups is 1. The molecule has 0 radical (unpaired) electrons. The molecule has 0 aromatic heterocycles. The van der Waals surface area contributed by atoms with Gasteiger partial charge in [0.25, 0.3) is 0 Å². The summed E-state index contributed by atoms with van der Waals surface area (Å²) < 4.78 is 25.6. The number of hydrogen-bond acceptors (Lipinski definition) is 6. The highest BCUT2D eigenvalue weighted by Crippen LogP contribution is 2.36. The zero-order valence-corrected chi connectivity index (χ0v) is 16.4. The predicted molar refractivity (Wildman–Crippen MR) is 102 cm³/mol. The van der Waals surface area contributed by atoms with Gasteiger partial charge in [-0.15, -0.1) is 0 Å². The van der Waals surface area contributed by atoms with Crippen LogP contribution in [0.2, 0.25) is 0 Å². The van der Waals surface area contributed by atoms with Crippen molar-refractivity contribution in [2.24, 2.45) is 0 Å². The van der Waals surface area contributed by atoms with Crippen molar-refractivity contribution in [2.45, 2.75) is 17.8 Å². The van der Waals surface area contributed by atoms with Crippen molar-refractivity contribution in [3.63, 3.8) is 0 Å². The average Bonchev–Trinajstić information content (AvgIpc) is 2.64. The van der Waals surface area contributed by atoms with Gasteiger partial charge in [0.1, 0.15) is 5.75 Å². The van der Waals surface area contributed by atoms with Crippen LogP contribution in [0.1, 0.15) is 23.6 Å². The van der Waals surface area contributed by atoms with Gasteiger partial charge in [0, 0.05) is 16.1 Å². The first-order valence-corrected chi connectivity index (χ1v) is 9.31. The fourth-order valence-corrected chi connectivity index (χ4v) is 2.75. The van der Waals surface area contributed by atoms with Crippen LogP contribution in [0, 0.1) is 27.3 Å². The number of hydrogen-bond donors (Lipinski definition) is 0. The molecule has 0 unspecified atom stereocenters. The number of rotatable bonds is 7. The SMILES string of the molecule is CCOC(=O)Cc1ccc([N+](=O)[O-])c(Oc2cc(C#N)cc(CI)c2)c1F. The largest absolute Gasteiger partial charge is 0.466 e. The predicted octanol–water partition coefficient (Wildman–Crippen LogP) is 4.44. The molecule has 0 atom stereocenters. The Kier molecular flexibility index (Phi) is 7.06. The van der Waals surface area contributed by atoms with Crippen LogP contribution < -0.4 is 4.74 Å². The molecule has 2 rings (SSSR count). The Bertz CT molecular complexity index is 927. The summed E-state index contributed by atoms with van der Waals surface area (Å²) in [5, 5.41) is 20.4. The van der Waals surface area contributed by atoms with Crippen LogP contribution in [0.25, 0.3) is 0 Å². The molecule has 7 nitrogen and oxygen atoms in total. The number of benzene rings is 2. The van der Waals surface area contributed by atoms with Crippen molar-refractivity contribution in [1.82, 2.24) is 0 Å². The van der Waals surface area contributed by atoms with Crippen molar-refractivity contribution in [2.75, 3.05) is 6.61 Å². The van der Waals surface area contributed by atoms with E-state index in [1.807, 2.05) is 6.07 Å². The molecule has 2 aromatic carbocycles. The highest BCUT2D eigenvalue weighted by Gasteiger charge is 2.25. The Hall–Kier alpha value is -2.74. The van der Waals surface area contributed by atoms with E-state index in [0.29, 0.717) is 4.43 Å². The maximum atomic E-state index is 14.8. The molecular weight excluding hydrogens is 470 g/mol. The first kappa shape index (κ1) is 20.6. The number of ether oxygens (including phenoxy) is 2. The lowest BCUT2D eigenvalue weighted by atomic mass is 10.1. The molecule has 0 spiro atoms. The van der Waals surface area contributed by atoms with E-state index in [-0.39, 0.29) is 29.9 Å². The Morgan fingerprint density at radius 3 is 2.70 bits per heavy atom. The summed E-state index contributed by atoms with van der Waals surface area (Å²) in [7, 11) is 0. The van der Waals surface area contributed by atoms with Gasteiger partial charge in [-0.2, -0.15) is 5.26 Å². The molecular formula is C18H14FIN2O5. The standard InChI is InChI=1S/C18H14FIN2O5/c1-2-26-16(23)8-13-3-4-15(22(24)25)18(17(13)19)27-14-6-11(9-20)5-12(7-14)10-21/h3-7H,2,8-9H2,1H3. The molecule has 9 heteroatoms. The maximum absolute atomic E-state index is 14.8. The summed E-state index contributed by atoms with van der Waals surface area (Å²) in [6, 6.07) is 8.74. The van der Waals surface area contributed by atoms with E-state index < -0.39 is 28.1 Å². The number of nitrogens with zero attached hydrogens (tertiary/aromatic N) is 2. The van der Waals surface area contributed by atoms with Gasteiger partial charge in [0.05, 0.1) is 29.6 Å². The fraction of sp³-hybridized carbons (Fsp3) is 0.222. The lowest BCUT2D eigenvalue weighted by Gasteiger charge is -2.11. The minimum Gasteiger partial charge on any atom is -0.466 e. The van der Waals surface area contributed by atoms with E-state index in [9.17, 15) is 19.3 Å². The summed E-state index contributed by atoms with van der Waals surface area (Å²) in [6.45, 7) is 1.75. The van der Waals surface area contributed by atoms with E-state index in [2.05, 4.69) is 22.6 Å². The minimum absolute atomic E-state index is 0.0837. The number of carbonyl (C=O) groups excluding carboxylic acids is 1. The quantitative estimate of drug-likeness (QED) is 0.189. The number of nitro benzene ring substituents is 1. The molecule has 2 aromatic rings. The van der Waals surface area contributed by atoms with Crippen LogP contribution in [0.3, 0.4) is 0 Å². The van der Waals surface area contributed by atoms with Gasteiger partial charge in [0.2, 0.25) is 5.75 Å². The highest BCUT2D eigenvalue weighted by molar-refractivity contribution is 14.1. The van der Waals surface area contributed by atoms with E-state index in [1.54, 1.807) is 19.1 Å². The van der Waals surface area contributed by atoms with Crippen LogP contribution in [-0.4, -0.2) is 17.5 Å². The van der Waals surface area contributed by atoms with Crippen LogP contribution in [0.4, 0.5) is 10.1 Å². The maximum Gasteiger partial charge on any atom is 0.314 e. The summed E-state index contributed by atoms with van der Waals surface area (Å²) >= 11 is 2.09. The average molecular weight is 484 g/mol. The number of halogens is 2. The molecule has 0 N–H and O–H groups in total. The zero-order chi connectivity index (χ0) is 20.0. The third-order valence-electron chi connectivity index (χ3n) is 3.46. The van der Waals surface area contributed by atoms with Crippen molar-refractivity contribution in [3.05, 3.63) is 63.0 Å². The Labute approximate surface area is 168 Å². The first-order chi connectivity index (χ1) is 12.9. The van der Waals surface area contributed by atoms with E-state index >= 15 is 0 Å². The molecule has 0 aliphatic rings. The molecule has 0 aliphatic heterocycles. The fourth-order valence-electron chi connectivity index (χ4n) is 2.31. The second-order valence-corrected chi connectivity index (χ2v) is 6.10. The third kappa shape index (κ3) is 5.13. The number of alkyl halides is 1. The highest BCUT2D eigenvalue weighted by atomic mass is 127. The molecule has 0 heterocycles. The van der Waals surface area contributed by atoms with Crippen molar-refractivity contribution in [3.8, 4) is 17.6 Å². The Morgan fingerprint density at radius 2 is 2.11 bits per heavy atom. The topological polar surface area (TPSA) is 102 Å². The van der Waals surface area contributed by atoms with Gasteiger partial charge in [-0.05, 0) is 36.8 Å². The number of esters is 1. The molecule has 0 aliphatic carbocycles. The van der Waals surface area contributed by atoms with E-state index in [0.717, 1.165) is 17.7 Å². The van der Waals surface area contributed by atoms with Crippen LogP contribution in [0.15, 0.2) is 30.3 Å². The van der Waals surface area contributed by atoms with Crippen LogP contribution in [0.5, 0.6) is 11.5 Å². The molecule has 0 amide bonds. The second kappa shape index (κ2) is 9.27. The summed E-state index contributed by atoms with van der Waals surface area (Å²) in [4.78, 5) is 22.1. The van der Waals surface area contributed by atoms with E-state index in [4.69, 9.17) is 14.7 Å². The second-order valence-electron chi connectivity index (χ2n) is 5.34. The van der Waals surface area contributed by atoms with E-state index in [1.165, 1.54) is 6.07 Å². The van der Waals surface area contributed by atoms with Gasteiger partial charge in [-0.3, -0.25) is 14.9 Å². The number of nitro groups is 1. The van der Waals surface area contributed by atoms with Crippen molar-refractivity contribution >= 4 is 34.2 Å².